The van der Waals surface area contributed by atoms with Gasteiger partial charge in [0, 0.05) is 5.69 Å². The molecule has 2 aromatic heterocycles. The van der Waals surface area contributed by atoms with Crippen LogP contribution in [0.15, 0.2) is 58.3 Å². The number of anilines is 1. The number of rotatable bonds is 6. The molecule has 1 aromatic carbocycles. The Bertz CT molecular complexity index is 782. The van der Waals surface area contributed by atoms with Gasteiger partial charge in [-0.1, -0.05) is 30.0 Å². The number of para-hydroxylation sites is 1. The fourth-order valence-corrected chi connectivity index (χ4v) is 2.40. The fraction of sp³-hybridized carbons (Fsp3) is 0.0625. The summed E-state index contributed by atoms with van der Waals surface area (Å²) in [5.41, 5.74) is 0.773. The van der Waals surface area contributed by atoms with Crippen molar-refractivity contribution < 1.29 is 9.21 Å². The van der Waals surface area contributed by atoms with E-state index >= 15 is 0 Å². The molecule has 6 nitrogen and oxygen atoms in total. The molecule has 116 valence electrons. The molecular weight excluding hydrogens is 312 g/mol. The molecule has 7 heteroatoms. The molecule has 1 amide bonds. The third-order valence-electron chi connectivity index (χ3n) is 2.82. The Kier molecular flexibility index (Phi) is 4.90. The fourth-order valence-electron chi connectivity index (χ4n) is 1.79. The molecule has 0 spiro atoms. The van der Waals surface area contributed by atoms with Crippen molar-refractivity contribution in [2.24, 2.45) is 0 Å². The molecule has 2 heterocycles. The van der Waals surface area contributed by atoms with Gasteiger partial charge in [-0.05, 0) is 36.4 Å². The smallest absolute Gasteiger partial charge is 0.234 e. The number of nitrogens with zero attached hydrogens (tertiary/aromatic N) is 2. The standard InChI is InChI=1S/C16H14N4O2S/c21-15(17-12-5-2-1-3-6-12)11-23-16-18-14(19-20-16)9-8-13-7-4-10-22-13/h1-10H,11H2,(H,17,21)(H,18,19,20). The predicted octanol–water partition coefficient (Wildman–Crippen LogP) is 3.30. The van der Waals surface area contributed by atoms with Gasteiger partial charge in [0.2, 0.25) is 11.1 Å². The van der Waals surface area contributed by atoms with Crippen LogP contribution in [-0.4, -0.2) is 26.8 Å². The number of benzene rings is 1. The number of carbonyl (C=O) groups excluding carboxylic acids is 1. The van der Waals surface area contributed by atoms with E-state index in [0.29, 0.717) is 11.0 Å². The van der Waals surface area contributed by atoms with Crippen molar-refractivity contribution >= 4 is 35.5 Å². The summed E-state index contributed by atoms with van der Waals surface area (Å²) < 4.78 is 5.19. The van der Waals surface area contributed by atoms with E-state index in [2.05, 4.69) is 20.5 Å². The quantitative estimate of drug-likeness (QED) is 0.679. The SMILES string of the molecule is O=C(CSc1n[nH]c(C=Cc2ccco2)n1)Nc1ccccc1. The lowest BCUT2D eigenvalue weighted by molar-refractivity contribution is -0.113. The van der Waals surface area contributed by atoms with E-state index in [1.165, 1.54) is 11.8 Å². The summed E-state index contributed by atoms with van der Waals surface area (Å²) in [6.07, 6.45) is 5.16. The Morgan fingerprint density at radius 3 is 2.87 bits per heavy atom. The highest BCUT2D eigenvalue weighted by molar-refractivity contribution is 7.99. The molecule has 0 aliphatic carbocycles. The van der Waals surface area contributed by atoms with Gasteiger partial charge in [0.15, 0.2) is 0 Å². The van der Waals surface area contributed by atoms with Crippen molar-refractivity contribution in [3.05, 3.63) is 60.3 Å². The zero-order valence-electron chi connectivity index (χ0n) is 12.1. The van der Waals surface area contributed by atoms with Gasteiger partial charge in [0.1, 0.15) is 11.6 Å². The second-order valence-electron chi connectivity index (χ2n) is 4.55. The highest BCUT2D eigenvalue weighted by Crippen LogP contribution is 2.14. The molecule has 0 atom stereocenters. The van der Waals surface area contributed by atoms with Crippen molar-refractivity contribution in [3.8, 4) is 0 Å². The van der Waals surface area contributed by atoms with Crippen molar-refractivity contribution in [3.63, 3.8) is 0 Å². The maximum absolute atomic E-state index is 11.8. The van der Waals surface area contributed by atoms with E-state index in [-0.39, 0.29) is 11.7 Å². The molecule has 3 aromatic rings. The number of hydrogen-bond donors (Lipinski definition) is 2. The normalized spacial score (nSPS) is 11.0. The van der Waals surface area contributed by atoms with E-state index in [4.69, 9.17) is 4.42 Å². The van der Waals surface area contributed by atoms with Gasteiger partial charge >= 0.3 is 0 Å². The average Bonchev–Trinajstić information content (AvgIpc) is 3.24. The number of nitrogens with one attached hydrogen (secondary N) is 2. The van der Waals surface area contributed by atoms with Crippen LogP contribution in [0.2, 0.25) is 0 Å². The van der Waals surface area contributed by atoms with Crippen molar-refractivity contribution in [1.82, 2.24) is 15.2 Å². The van der Waals surface area contributed by atoms with E-state index in [1.807, 2.05) is 42.5 Å². The molecule has 2 N–H and O–H groups in total. The summed E-state index contributed by atoms with van der Waals surface area (Å²) in [5.74, 6) is 1.48. The minimum Gasteiger partial charge on any atom is -0.465 e. The van der Waals surface area contributed by atoms with Gasteiger partial charge < -0.3 is 9.73 Å². The first-order valence-corrected chi connectivity index (χ1v) is 7.90. The number of thioether (sulfide) groups is 1. The zero-order valence-corrected chi connectivity index (χ0v) is 12.9. The van der Waals surface area contributed by atoms with E-state index in [1.54, 1.807) is 18.4 Å². The first-order valence-electron chi connectivity index (χ1n) is 6.91. The molecule has 0 saturated carbocycles. The van der Waals surface area contributed by atoms with E-state index < -0.39 is 0 Å². The van der Waals surface area contributed by atoms with E-state index in [0.717, 1.165) is 11.4 Å². The average molecular weight is 326 g/mol. The maximum atomic E-state index is 11.8. The highest BCUT2D eigenvalue weighted by Gasteiger charge is 2.07. The lowest BCUT2D eigenvalue weighted by Crippen LogP contribution is -2.13. The van der Waals surface area contributed by atoms with Crippen LogP contribution in [0, 0.1) is 0 Å². The van der Waals surface area contributed by atoms with Crippen LogP contribution in [0.5, 0.6) is 0 Å². The topological polar surface area (TPSA) is 83.8 Å². The second kappa shape index (κ2) is 7.46. The molecule has 23 heavy (non-hydrogen) atoms. The minimum absolute atomic E-state index is 0.0984. The van der Waals surface area contributed by atoms with Gasteiger partial charge in [-0.15, -0.1) is 5.10 Å². The van der Waals surface area contributed by atoms with E-state index in [9.17, 15) is 4.79 Å². The lowest BCUT2D eigenvalue weighted by Gasteiger charge is -2.02. The lowest BCUT2D eigenvalue weighted by atomic mass is 10.3. The molecule has 0 aliphatic heterocycles. The second-order valence-corrected chi connectivity index (χ2v) is 5.50. The summed E-state index contributed by atoms with van der Waals surface area (Å²) in [5, 5.41) is 10.2. The first-order chi connectivity index (χ1) is 11.3. The highest BCUT2D eigenvalue weighted by atomic mass is 32.2. The number of carbonyl (C=O) groups is 1. The van der Waals surface area contributed by atoms with Crippen LogP contribution in [0.25, 0.3) is 12.2 Å². The minimum atomic E-state index is -0.0984. The molecule has 0 saturated heterocycles. The Morgan fingerprint density at radius 2 is 2.09 bits per heavy atom. The summed E-state index contributed by atoms with van der Waals surface area (Å²) in [4.78, 5) is 16.1. The number of furan rings is 1. The van der Waals surface area contributed by atoms with Crippen molar-refractivity contribution in [2.75, 3.05) is 11.1 Å². The molecule has 0 bridgehead atoms. The van der Waals surface area contributed by atoms with Gasteiger partial charge in [-0.25, -0.2) is 4.98 Å². The van der Waals surface area contributed by atoms with Gasteiger partial charge in [-0.3, -0.25) is 9.89 Å². The largest absolute Gasteiger partial charge is 0.465 e. The number of aromatic nitrogens is 3. The summed E-state index contributed by atoms with van der Waals surface area (Å²) in [6, 6.07) is 13.0. The molecule has 0 unspecified atom stereocenters. The number of H-pyrrole nitrogens is 1. The number of aromatic amines is 1. The summed E-state index contributed by atoms with van der Waals surface area (Å²) in [6.45, 7) is 0. The third kappa shape index (κ3) is 4.58. The van der Waals surface area contributed by atoms with Crippen LogP contribution in [0.4, 0.5) is 5.69 Å². The van der Waals surface area contributed by atoms with Gasteiger partial charge in [0.25, 0.3) is 0 Å². The summed E-state index contributed by atoms with van der Waals surface area (Å²) >= 11 is 1.27. The zero-order chi connectivity index (χ0) is 15.9. The maximum Gasteiger partial charge on any atom is 0.234 e. The number of hydrogen-bond acceptors (Lipinski definition) is 5. The van der Waals surface area contributed by atoms with Crippen molar-refractivity contribution in [2.45, 2.75) is 5.16 Å². The Morgan fingerprint density at radius 1 is 1.22 bits per heavy atom. The third-order valence-corrected chi connectivity index (χ3v) is 3.67. The predicted molar refractivity (Wildman–Crippen MR) is 89.8 cm³/mol. The molecule has 0 fully saturated rings. The first kappa shape index (κ1) is 15.1. The van der Waals surface area contributed by atoms with Crippen LogP contribution >= 0.6 is 11.8 Å². The van der Waals surface area contributed by atoms with Gasteiger partial charge in [0.05, 0.1) is 12.0 Å². The van der Waals surface area contributed by atoms with Crippen LogP contribution in [0.1, 0.15) is 11.6 Å². The van der Waals surface area contributed by atoms with Crippen molar-refractivity contribution in [1.29, 1.82) is 0 Å². The summed E-state index contributed by atoms with van der Waals surface area (Å²) in [7, 11) is 0. The molecular formula is C16H14N4O2S. The molecule has 0 radical (unpaired) electrons. The number of amides is 1. The molecule has 3 rings (SSSR count). The Labute approximate surface area is 137 Å². The monoisotopic (exact) mass is 326 g/mol. The van der Waals surface area contributed by atoms with Crippen LogP contribution in [-0.2, 0) is 4.79 Å². The molecule has 0 aliphatic rings. The Hall–Kier alpha value is -2.80. The Balaban J connectivity index is 1.50. The van der Waals surface area contributed by atoms with Crippen LogP contribution in [0.3, 0.4) is 0 Å². The van der Waals surface area contributed by atoms with Crippen LogP contribution < -0.4 is 5.32 Å². The van der Waals surface area contributed by atoms with Gasteiger partial charge in [-0.2, -0.15) is 0 Å².